The summed E-state index contributed by atoms with van der Waals surface area (Å²) in [5, 5.41) is 3.70. The van der Waals surface area contributed by atoms with Crippen molar-refractivity contribution in [1.29, 1.82) is 0 Å². The molecule has 1 aliphatic heterocycles. The van der Waals surface area contributed by atoms with Crippen molar-refractivity contribution < 1.29 is 18.9 Å². The number of hydrogen-bond acceptors (Lipinski definition) is 5. The van der Waals surface area contributed by atoms with Crippen LogP contribution in [-0.4, -0.2) is 27.4 Å². The average molecular weight is 341 g/mol. The summed E-state index contributed by atoms with van der Waals surface area (Å²) in [6, 6.07) is 12.2. The van der Waals surface area contributed by atoms with E-state index in [-0.39, 0.29) is 5.54 Å². The molecule has 1 fully saturated rings. The predicted molar refractivity (Wildman–Crippen MR) is 94.7 cm³/mol. The second-order valence-corrected chi connectivity index (χ2v) is 6.47. The summed E-state index contributed by atoms with van der Waals surface area (Å²) in [5.74, 6) is 3.25. The maximum Gasteiger partial charge on any atom is 0.165 e. The lowest BCUT2D eigenvalue weighted by molar-refractivity contribution is 0.170. The normalized spacial score (nSPS) is 17.0. The highest BCUT2D eigenvalue weighted by Gasteiger charge is 2.43. The summed E-state index contributed by atoms with van der Waals surface area (Å²) in [7, 11) is 3.37. The quantitative estimate of drug-likeness (QED) is 0.874. The van der Waals surface area contributed by atoms with Crippen LogP contribution >= 0.6 is 0 Å². The number of fused-ring (bicyclic) bond motifs is 1. The minimum atomic E-state index is 0.0462. The van der Waals surface area contributed by atoms with E-state index in [1.165, 1.54) is 5.56 Å². The number of ether oxygens (including phenoxy) is 4. The Hall–Kier alpha value is -2.40. The van der Waals surface area contributed by atoms with E-state index in [9.17, 15) is 0 Å². The summed E-state index contributed by atoms with van der Waals surface area (Å²) in [6.45, 7) is 1.88. The van der Waals surface area contributed by atoms with Gasteiger partial charge in [-0.05, 0) is 36.6 Å². The Balaban J connectivity index is 1.52. The molecule has 25 heavy (non-hydrogen) atoms. The zero-order valence-electron chi connectivity index (χ0n) is 14.6. The first-order valence-electron chi connectivity index (χ1n) is 8.60. The van der Waals surface area contributed by atoms with Gasteiger partial charge in [0.2, 0.25) is 0 Å². The fourth-order valence-corrected chi connectivity index (χ4v) is 3.31. The zero-order chi connectivity index (χ0) is 17.3. The molecule has 4 rings (SSSR count). The van der Waals surface area contributed by atoms with Gasteiger partial charge in [-0.1, -0.05) is 12.1 Å². The largest absolute Gasteiger partial charge is 0.497 e. The molecule has 0 radical (unpaired) electrons. The first-order valence-corrected chi connectivity index (χ1v) is 8.60. The molecule has 2 aliphatic rings. The van der Waals surface area contributed by atoms with E-state index in [2.05, 4.69) is 17.4 Å². The standard InChI is InChI=1S/C20H23NO4/c1-22-16-5-3-15(4-6-16)20(7-8-20)21-13-14-11-18-19(12-17(14)23-2)25-10-9-24-18/h3-6,11-12,21H,7-10,13H2,1-2H3. The van der Waals surface area contributed by atoms with Gasteiger partial charge < -0.3 is 24.3 Å². The molecule has 0 saturated heterocycles. The molecule has 0 bridgehead atoms. The summed E-state index contributed by atoms with van der Waals surface area (Å²) in [5.41, 5.74) is 2.42. The van der Waals surface area contributed by atoms with E-state index in [4.69, 9.17) is 18.9 Å². The summed E-state index contributed by atoms with van der Waals surface area (Å²) < 4.78 is 22.1. The molecule has 1 heterocycles. The number of hydrogen-bond donors (Lipinski definition) is 1. The summed E-state index contributed by atoms with van der Waals surface area (Å²) >= 11 is 0. The van der Waals surface area contributed by atoms with Gasteiger partial charge in [0.15, 0.2) is 11.5 Å². The molecule has 0 spiro atoms. The molecule has 0 amide bonds. The minimum Gasteiger partial charge on any atom is -0.497 e. The number of rotatable bonds is 6. The third-order valence-corrected chi connectivity index (χ3v) is 4.96. The van der Waals surface area contributed by atoms with Crippen molar-refractivity contribution in [3.8, 4) is 23.0 Å². The second-order valence-electron chi connectivity index (χ2n) is 6.47. The topological polar surface area (TPSA) is 49.0 Å². The monoisotopic (exact) mass is 341 g/mol. The van der Waals surface area contributed by atoms with Crippen molar-refractivity contribution in [3.05, 3.63) is 47.5 Å². The van der Waals surface area contributed by atoms with Gasteiger partial charge in [-0.2, -0.15) is 0 Å². The number of nitrogens with one attached hydrogen (secondary N) is 1. The van der Waals surface area contributed by atoms with E-state index in [1.54, 1.807) is 14.2 Å². The lowest BCUT2D eigenvalue weighted by atomic mass is 10.0. The average Bonchev–Trinajstić information content (AvgIpc) is 3.47. The molecule has 2 aromatic carbocycles. The van der Waals surface area contributed by atoms with E-state index in [0.29, 0.717) is 19.8 Å². The van der Waals surface area contributed by atoms with Crippen LogP contribution in [-0.2, 0) is 12.1 Å². The predicted octanol–water partition coefficient (Wildman–Crippen LogP) is 3.25. The molecule has 0 unspecified atom stereocenters. The highest BCUT2D eigenvalue weighted by atomic mass is 16.6. The van der Waals surface area contributed by atoms with Crippen molar-refractivity contribution in [2.75, 3.05) is 27.4 Å². The van der Waals surface area contributed by atoms with Crippen LogP contribution in [0.4, 0.5) is 0 Å². The lowest BCUT2D eigenvalue weighted by Gasteiger charge is -2.23. The van der Waals surface area contributed by atoms with Crippen LogP contribution in [0, 0.1) is 0 Å². The maximum absolute atomic E-state index is 5.70. The van der Waals surface area contributed by atoms with Crippen LogP contribution < -0.4 is 24.3 Å². The van der Waals surface area contributed by atoms with Gasteiger partial charge in [-0.25, -0.2) is 0 Å². The lowest BCUT2D eigenvalue weighted by Crippen LogP contribution is -2.28. The summed E-state index contributed by atoms with van der Waals surface area (Å²) in [4.78, 5) is 0. The van der Waals surface area contributed by atoms with Crippen LogP contribution in [0.5, 0.6) is 23.0 Å². The molecule has 5 heteroatoms. The first-order chi connectivity index (χ1) is 12.2. The number of benzene rings is 2. The SMILES string of the molecule is COc1ccc(C2(NCc3cc4c(cc3OC)OCCO4)CC2)cc1. The van der Waals surface area contributed by atoms with E-state index in [1.807, 2.05) is 24.3 Å². The van der Waals surface area contributed by atoms with Crippen LogP contribution in [0.25, 0.3) is 0 Å². The second kappa shape index (κ2) is 6.48. The van der Waals surface area contributed by atoms with Crippen LogP contribution in [0.1, 0.15) is 24.0 Å². The molecule has 1 N–H and O–H groups in total. The molecule has 2 aromatic rings. The van der Waals surface area contributed by atoms with Gasteiger partial charge in [0.25, 0.3) is 0 Å². The van der Waals surface area contributed by atoms with Crippen molar-refractivity contribution in [3.63, 3.8) is 0 Å². The fraction of sp³-hybridized carbons (Fsp3) is 0.400. The smallest absolute Gasteiger partial charge is 0.165 e. The third-order valence-electron chi connectivity index (χ3n) is 4.96. The van der Waals surface area contributed by atoms with Crippen LogP contribution in [0.2, 0.25) is 0 Å². The molecule has 5 nitrogen and oxygen atoms in total. The Bertz CT molecular complexity index is 753. The van der Waals surface area contributed by atoms with Crippen molar-refractivity contribution in [2.24, 2.45) is 0 Å². The molecule has 0 atom stereocenters. The van der Waals surface area contributed by atoms with Crippen LogP contribution in [0.3, 0.4) is 0 Å². The van der Waals surface area contributed by atoms with Gasteiger partial charge in [0.05, 0.1) is 14.2 Å². The Morgan fingerprint density at radius 2 is 1.64 bits per heavy atom. The molecule has 0 aromatic heterocycles. The van der Waals surface area contributed by atoms with Gasteiger partial charge in [0.1, 0.15) is 24.7 Å². The fourth-order valence-electron chi connectivity index (χ4n) is 3.31. The maximum atomic E-state index is 5.70. The van der Waals surface area contributed by atoms with Gasteiger partial charge in [-0.15, -0.1) is 0 Å². The molecular formula is C20H23NO4. The van der Waals surface area contributed by atoms with Crippen LogP contribution in [0.15, 0.2) is 36.4 Å². The Morgan fingerprint density at radius 1 is 0.960 bits per heavy atom. The molecule has 1 saturated carbocycles. The first kappa shape index (κ1) is 16.1. The number of methoxy groups -OCH3 is 2. The van der Waals surface area contributed by atoms with Crippen molar-refractivity contribution in [2.45, 2.75) is 24.9 Å². The van der Waals surface area contributed by atoms with Gasteiger partial charge in [-0.3, -0.25) is 0 Å². The highest BCUT2D eigenvalue weighted by molar-refractivity contribution is 5.51. The van der Waals surface area contributed by atoms with Gasteiger partial charge >= 0.3 is 0 Å². The van der Waals surface area contributed by atoms with Crippen molar-refractivity contribution in [1.82, 2.24) is 5.32 Å². The van der Waals surface area contributed by atoms with E-state index < -0.39 is 0 Å². The Kier molecular flexibility index (Phi) is 4.17. The summed E-state index contributed by atoms with van der Waals surface area (Å²) in [6.07, 6.45) is 2.26. The zero-order valence-corrected chi connectivity index (χ0v) is 14.6. The van der Waals surface area contributed by atoms with Gasteiger partial charge in [0, 0.05) is 23.7 Å². The molecule has 132 valence electrons. The van der Waals surface area contributed by atoms with Crippen molar-refractivity contribution >= 4 is 0 Å². The molecule has 1 aliphatic carbocycles. The van der Waals surface area contributed by atoms with E-state index in [0.717, 1.165) is 41.4 Å². The minimum absolute atomic E-state index is 0.0462. The Labute approximate surface area is 147 Å². The molecular weight excluding hydrogens is 318 g/mol. The third kappa shape index (κ3) is 3.12. The van der Waals surface area contributed by atoms with E-state index >= 15 is 0 Å². The highest BCUT2D eigenvalue weighted by Crippen LogP contribution is 2.46. The Morgan fingerprint density at radius 3 is 2.24 bits per heavy atom.